The van der Waals surface area contributed by atoms with Crippen molar-refractivity contribution < 1.29 is 9.90 Å². The molecule has 3 N–H and O–H groups in total. The lowest BCUT2D eigenvalue weighted by Gasteiger charge is -2.06. The Morgan fingerprint density at radius 2 is 2.00 bits per heavy atom. The summed E-state index contributed by atoms with van der Waals surface area (Å²) in [5.41, 5.74) is 5.83. The van der Waals surface area contributed by atoms with E-state index in [1.54, 1.807) is 6.20 Å². The topological polar surface area (TPSA) is 82.9 Å². The van der Waals surface area contributed by atoms with Crippen LogP contribution in [0.4, 0.5) is 5.69 Å². The number of anilines is 1. The Labute approximate surface area is 162 Å². The number of aromatic nitrogens is 3. The predicted molar refractivity (Wildman–Crippen MR) is 111 cm³/mol. The third-order valence-corrected chi connectivity index (χ3v) is 4.84. The van der Waals surface area contributed by atoms with Crippen LogP contribution in [-0.4, -0.2) is 31.9 Å². The van der Waals surface area contributed by atoms with Crippen molar-refractivity contribution in [2.24, 2.45) is 0 Å². The molecule has 0 aliphatic heterocycles. The zero-order valence-electron chi connectivity index (χ0n) is 15.8. The molecule has 0 aliphatic rings. The maximum Gasteiger partial charge on any atom is 0.252 e. The Kier molecular flexibility index (Phi) is 4.71. The van der Waals surface area contributed by atoms with Crippen LogP contribution in [0.25, 0.3) is 27.7 Å². The van der Waals surface area contributed by atoms with Crippen LogP contribution in [0.1, 0.15) is 19.4 Å². The number of aliphatic hydroxyl groups excluding tert-OH is 1. The summed E-state index contributed by atoms with van der Waals surface area (Å²) < 4.78 is 1.85. The zero-order valence-corrected chi connectivity index (χ0v) is 15.8. The molecule has 1 unspecified atom stereocenters. The molecule has 4 aromatic rings. The van der Waals surface area contributed by atoms with Gasteiger partial charge in [-0.05, 0) is 48.7 Å². The van der Waals surface area contributed by atoms with Crippen molar-refractivity contribution >= 4 is 22.5 Å². The van der Waals surface area contributed by atoms with Gasteiger partial charge in [0.25, 0.3) is 5.91 Å². The van der Waals surface area contributed by atoms with Gasteiger partial charge in [-0.1, -0.05) is 25.1 Å². The number of aliphatic hydroxyl groups is 1. The number of carbonyl (C=O) groups is 1. The normalized spacial score (nSPS) is 12.2. The van der Waals surface area contributed by atoms with E-state index in [4.69, 9.17) is 0 Å². The molecule has 6 heteroatoms. The number of aryl methyl sites for hydroxylation is 1. The van der Waals surface area contributed by atoms with E-state index < -0.39 is 12.0 Å². The van der Waals surface area contributed by atoms with Crippen LogP contribution in [0.5, 0.6) is 0 Å². The van der Waals surface area contributed by atoms with E-state index in [1.165, 1.54) is 12.5 Å². The lowest BCUT2D eigenvalue weighted by Crippen LogP contribution is -2.24. The third-order valence-electron chi connectivity index (χ3n) is 4.84. The Morgan fingerprint density at radius 3 is 2.71 bits per heavy atom. The fraction of sp³-hybridized carbons (Fsp3) is 0.182. The van der Waals surface area contributed by atoms with Crippen LogP contribution in [0.2, 0.25) is 0 Å². The van der Waals surface area contributed by atoms with Crippen LogP contribution in [-0.2, 0) is 11.2 Å². The molecule has 142 valence electrons. The van der Waals surface area contributed by atoms with Gasteiger partial charge in [-0.25, -0.2) is 4.68 Å². The summed E-state index contributed by atoms with van der Waals surface area (Å²) in [5, 5.41) is 17.5. The lowest BCUT2D eigenvalue weighted by atomic mass is 10.1. The smallest absolute Gasteiger partial charge is 0.252 e. The first-order chi connectivity index (χ1) is 13.5. The van der Waals surface area contributed by atoms with Crippen LogP contribution in [0, 0.1) is 0 Å². The highest BCUT2D eigenvalue weighted by Crippen LogP contribution is 2.29. The summed E-state index contributed by atoms with van der Waals surface area (Å²) in [6.07, 6.45) is 5.49. The van der Waals surface area contributed by atoms with E-state index in [1.807, 2.05) is 35.3 Å². The van der Waals surface area contributed by atoms with E-state index >= 15 is 0 Å². The summed E-state index contributed by atoms with van der Waals surface area (Å²) >= 11 is 0. The SMILES string of the molecule is CCc1ccc(-n2cc(-c3ccc4[nH]cc(NC(=O)C(C)O)c4c3)cn2)cc1. The molecule has 6 nitrogen and oxygen atoms in total. The second-order valence-electron chi connectivity index (χ2n) is 6.82. The Balaban J connectivity index is 1.65. The van der Waals surface area contributed by atoms with E-state index in [0.29, 0.717) is 5.69 Å². The monoisotopic (exact) mass is 374 g/mol. The quantitative estimate of drug-likeness (QED) is 0.495. The number of amides is 1. The molecule has 4 rings (SSSR count). The average Bonchev–Trinajstić information content (AvgIpc) is 3.35. The molecule has 0 radical (unpaired) electrons. The summed E-state index contributed by atoms with van der Waals surface area (Å²) in [5.74, 6) is -0.436. The Morgan fingerprint density at radius 1 is 1.21 bits per heavy atom. The number of H-pyrrole nitrogens is 1. The number of nitrogens with zero attached hydrogens (tertiary/aromatic N) is 2. The number of aromatic amines is 1. The molecular formula is C22H22N4O2. The zero-order chi connectivity index (χ0) is 19.7. The van der Waals surface area contributed by atoms with E-state index in [-0.39, 0.29) is 0 Å². The Bertz CT molecular complexity index is 1120. The van der Waals surface area contributed by atoms with Gasteiger partial charge in [-0.3, -0.25) is 4.79 Å². The highest BCUT2D eigenvalue weighted by molar-refractivity contribution is 6.04. The standard InChI is InChI=1S/C22H22N4O2/c1-3-15-4-7-18(8-5-15)26-13-17(11-24-26)16-6-9-20-19(10-16)21(12-23-20)25-22(28)14(2)27/h4-14,23,27H,3H2,1-2H3,(H,25,28). The van der Waals surface area contributed by atoms with Gasteiger partial charge < -0.3 is 15.4 Å². The highest BCUT2D eigenvalue weighted by Gasteiger charge is 2.13. The second kappa shape index (κ2) is 7.32. The number of carbonyl (C=O) groups excluding carboxylic acids is 1. The second-order valence-corrected chi connectivity index (χ2v) is 6.82. The van der Waals surface area contributed by atoms with E-state index in [0.717, 1.165) is 34.1 Å². The first kappa shape index (κ1) is 18.0. The first-order valence-electron chi connectivity index (χ1n) is 9.29. The Hall–Kier alpha value is -3.38. The summed E-state index contributed by atoms with van der Waals surface area (Å²) in [7, 11) is 0. The van der Waals surface area contributed by atoms with Gasteiger partial charge in [0.05, 0.1) is 17.6 Å². The third kappa shape index (κ3) is 3.42. The van der Waals surface area contributed by atoms with Gasteiger partial charge in [0.15, 0.2) is 0 Å². The predicted octanol–water partition coefficient (Wildman–Crippen LogP) is 3.90. The average molecular weight is 374 g/mol. The van der Waals surface area contributed by atoms with Gasteiger partial charge >= 0.3 is 0 Å². The minimum Gasteiger partial charge on any atom is -0.384 e. The summed E-state index contributed by atoms with van der Waals surface area (Å²) in [6.45, 7) is 3.58. The number of fused-ring (bicyclic) bond motifs is 1. The maximum absolute atomic E-state index is 11.8. The summed E-state index contributed by atoms with van der Waals surface area (Å²) in [4.78, 5) is 15.0. The number of nitrogens with one attached hydrogen (secondary N) is 2. The number of hydrogen-bond acceptors (Lipinski definition) is 3. The van der Waals surface area contributed by atoms with Gasteiger partial charge in [-0.15, -0.1) is 0 Å². The van der Waals surface area contributed by atoms with E-state index in [9.17, 15) is 9.90 Å². The molecule has 2 heterocycles. The number of hydrogen-bond donors (Lipinski definition) is 3. The van der Waals surface area contributed by atoms with Gasteiger partial charge in [0, 0.05) is 28.9 Å². The number of rotatable bonds is 5. The fourth-order valence-corrected chi connectivity index (χ4v) is 3.14. The van der Waals surface area contributed by atoms with Gasteiger partial charge in [0.2, 0.25) is 0 Å². The van der Waals surface area contributed by atoms with Crippen LogP contribution >= 0.6 is 0 Å². The maximum atomic E-state index is 11.8. The lowest BCUT2D eigenvalue weighted by molar-refractivity contribution is -0.123. The van der Waals surface area contributed by atoms with Crippen LogP contribution in [0.15, 0.2) is 61.1 Å². The highest BCUT2D eigenvalue weighted by atomic mass is 16.3. The molecule has 1 atom stereocenters. The van der Waals surface area contributed by atoms with Crippen molar-refractivity contribution in [1.29, 1.82) is 0 Å². The van der Waals surface area contributed by atoms with Crippen molar-refractivity contribution in [3.05, 3.63) is 66.6 Å². The van der Waals surface area contributed by atoms with Crippen LogP contribution in [0.3, 0.4) is 0 Å². The molecule has 0 saturated heterocycles. The van der Waals surface area contributed by atoms with Crippen molar-refractivity contribution in [1.82, 2.24) is 14.8 Å². The van der Waals surface area contributed by atoms with Crippen molar-refractivity contribution in [2.45, 2.75) is 26.4 Å². The van der Waals surface area contributed by atoms with Gasteiger partial charge in [-0.2, -0.15) is 5.10 Å². The fourth-order valence-electron chi connectivity index (χ4n) is 3.14. The molecule has 2 aromatic heterocycles. The minimum atomic E-state index is -1.06. The van der Waals surface area contributed by atoms with Crippen molar-refractivity contribution in [2.75, 3.05) is 5.32 Å². The molecule has 0 bridgehead atoms. The minimum absolute atomic E-state index is 0.436. The molecule has 1 amide bonds. The largest absolute Gasteiger partial charge is 0.384 e. The summed E-state index contributed by atoms with van der Waals surface area (Å²) in [6, 6.07) is 14.3. The molecule has 0 aliphatic carbocycles. The van der Waals surface area contributed by atoms with E-state index in [2.05, 4.69) is 46.6 Å². The molecule has 0 saturated carbocycles. The van der Waals surface area contributed by atoms with Crippen molar-refractivity contribution in [3.8, 4) is 16.8 Å². The van der Waals surface area contributed by atoms with Gasteiger partial charge in [0.1, 0.15) is 6.10 Å². The molecule has 0 spiro atoms. The molecule has 2 aromatic carbocycles. The van der Waals surface area contributed by atoms with Crippen molar-refractivity contribution in [3.63, 3.8) is 0 Å². The molecular weight excluding hydrogens is 352 g/mol. The number of benzene rings is 2. The van der Waals surface area contributed by atoms with Crippen LogP contribution < -0.4 is 5.32 Å². The molecule has 0 fully saturated rings. The molecule has 28 heavy (non-hydrogen) atoms. The first-order valence-corrected chi connectivity index (χ1v) is 9.29.